The van der Waals surface area contributed by atoms with Gasteiger partial charge in [-0.2, -0.15) is 0 Å². The first-order chi connectivity index (χ1) is 15.8. The highest BCUT2D eigenvalue weighted by molar-refractivity contribution is 5.88. The highest BCUT2D eigenvalue weighted by atomic mass is 16.5. The van der Waals surface area contributed by atoms with Crippen LogP contribution in [0.5, 0.6) is 5.75 Å². The van der Waals surface area contributed by atoms with Gasteiger partial charge in [-0.05, 0) is 36.3 Å². The Morgan fingerprint density at radius 2 is 1.94 bits per heavy atom. The summed E-state index contributed by atoms with van der Waals surface area (Å²) in [7, 11) is 0. The van der Waals surface area contributed by atoms with E-state index in [2.05, 4.69) is 34.5 Å². The fourth-order valence-corrected chi connectivity index (χ4v) is 3.78. The van der Waals surface area contributed by atoms with Gasteiger partial charge in [0.05, 0.1) is 13.2 Å². The molecule has 2 aromatic carbocycles. The summed E-state index contributed by atoms with van der Waals surface area (Å²) in [6, 6.07) is 14.4. The van der Waals surface area contributed by atoms with E-state index in [-0.39, 0.29) is 5.91 Å². The molecule has 3 N–H and O–H groups in total. The summed E-state index contributed by atoms with van der Waals surface area (Å²) in [5.74, 6) is 0.556. The lowest BCUT2D eigenvalue weighted by atomic mass is 10.1. The van der Waals surface area contributed by atoms with E-state index in [4.69, 9.17) is 14.7 Å². The summed E-state index contributed by atoms with van der Waals surface area (Å²) in [5, 5.41) is 14.4. The molecule has 1 fully saturated rings. The van der Waals surface area contributed by atoms with E-state index >= 15 is 0 Å². The Kier molecular flexibility index (Phi) is 10.5. The second-order valence-corrected chi connectivity index (χ2v) is 8.04. The largest absolute Gasteiger partial charge is 0.489 e. The molecule has 2 aromatic rings. The van der Waals surface area contributed by atoms with Crippen LogP contribution in [0.4, 0.5) is 0 Å². The zero-order valence-electron chi connectivity index (χ0n) is 18.7. The average molecular weight is 442 g/mol. The number of hydrogen-bond acceptors (Lipinski definition) is 6. The maximum Gasteiger partial charge on any atom is 0.243 e. The van der Waals surface area contributed by atoms with Crippen molar-refractivity contribution >= 4 is 16.7 Å². The van der Waals surface area contributed by atoms with E-state index in [0.29, 0.717) is 13.0 Å². The van der Waals surface area contributed by atoms with Crippen molar-refractivity contribution in [3.8, 4) is 5.75 Å². The summed E-state index contributed by atoms with van der Waals surface area (Å²) in [6.45, 7) is 6.85. The SMILES string of the molecule is O=C(CCCC/C=C(/CNCCN1CCOCC1)COc1cccc2ccccc12)NO. The molecule has 1 saturated heterocycles. The van der Waals surface area contributed by atoms with E-state index in [9.17, 15) is 4.79 Å². The monoisotopic (exact) mass is 441 g/mol. The predicted molar refractivity (Wildman–Crippen MR) is 126 cm³/mol. The average Bonchev–Trinajstić information content (AvgIpc) is 2.84. The first-order valence-electron chi connectivity index (χ1n) is 11.5. The van der Waals surface area contributed by atoms with Crippen LogP contribution in [0.25, 0.3) is 10.8 Å². The third-order valence-electron chi connectivity index (χ3n) is 5.64. The van der Waals surface area contributed by atoms with Crippen LogP contribution in [-0.4, -0.2) is 68.6 Å². The minimum absolute atomic E-state index is 0.335. The summed E-state index contributed by atoms with van der Waals surface area (Å²) in [6.07, 6.45) is 5.05. The highest BCUT2D eigenvalue weighted by Gasteiger charge is 2.09. The maximum absolute atomic E-state index is 11.2. The van der Waals surface area contributed by atoms with Gasteiger partial charge in [0.25, 0.3) is 0 Å². The Bertz CT molecular complexity index is 860. The van der Waals surface area contributed by atoms with Crippen molar-refractivity contribution in [3.63, 3.8) is 0 Å². The normalized spacial score (nSPS) is 15.1. The van der Waals surface area contributed by atoms with E-state index in [0.717, 1.165) is 76.3 Å². The van der Waals surface area contributed by atoms with Crippen molar-refractivity contribution in [1.82, 2.24) is 15.7 Å². The van der Waals surface area contributed by atoms with Gasteiger partial charge >= 0.3 is 0 Å². The van der Waals surface area contributed by atoms with E-state index in [1.165, 1.54) is 11.0 Å². The van der Waals surface area contributed by atoms with Crippen LogP contribution >= 0.6 is 0 Å². The number of rotatable bonds is 13. The Balaban J connectivity index is 1.51. The number of hydrogen-bond donors (Lipinski definition) is 3. The topological polar surface area (TPSA) is 83.1 Å². The third kappa shape index (κ3) is 8.24. The van der Waals surface area contributed by atoms with E-state index < -0.39 is 0 Å². The fraction of sp³-hybridized carbons (Fsp3) is 0.480. The lowest BCUT2D eigenvalue weighted by molar-refractivity contribution is -0.129. The zero-order valence-corrected chi connectivity index (χ0v) is 18.7. The van der Waals surface area contributed by atoms with Crippen LogP contribution in [0.15, 0.2) is 54.1 Å². The zero-order chi connectivity index (χ0) is 22.4. The molecule has 1 amide bonds. The molecule has 0 aliphatic carbocycles. The molecule has 0 unspecified atom stereocenters. The minimum atomic E-state index is -0.335. The fourth-order valence-electron chi connectivity index (χ4n) is 3.78. The summed E-state index contributed by atoms with van der Waals surface area (Å²) >= 11 is 0. The van der Waals surface area contributed by atoms with Gasteiger partial charge in [-0.15, -0.1) is 0 Å². The van der Waals surface area contributed by atoms with Gasteiger partial charge in [0.15, 0.2) is 0 Å². The van der Waals surface area contributed by atoms with Crippen molar-refractivity contribution < 1.29 is 19.5 Å². The maximum atomic E-state index is 11.2. The number of carbonyl (C=O) groups excluding carboxylic acids is 1. The second kappa shape index (κ2) is 13.9. The molecule has 174 valence electrons. The van der Waals surface area contributed by atoms with Crippen molar-refractivity contribution in [2.24, 2.45) is 0 Å². The molecule has 32 heavy (non-hydrogen) atoms. The molecule has 7 heteroatoms. The Hall–Kier alpha value is -2.45. The van der Waals surface area contributed by atoms with Crippen molar-refractivity contribution in [3.05, 3.63) is 54.1 Å². The Morgan fingerprint density at radius 3 is 2.78 bits per heavy atom. The van der Waals surface area contributed by atoms with Gasteiger partial charge in [-0.1, -0.05) is 42.5 Å². The second-order valence-electron chi connectivity index (χ2n) is 8.04. The number of morpholine rings is 1. The molecule has 0 spiro atoms. The Labute approximate surface area is 190 Å². The molecule has 1 heterocycles. The van der Waals surface area contributed by atoms with Gasteiger partial charge < -0.3 is 14.8 Å². The summed E-state index contributed by atoms with van der Waals surface area (Å²) in [5.41, 5.74) is 2.88. The standard InChI is InChI=1S/C25H35N3O4/c29-25(27-30)12-3-1-2-7-21(19-26-13-14-28-15-17-31-18-16-28)20-32-24-11-6-9-22-8-4-5-10-23(22)24/h4-11,26,30H,1-3,12-20H2,(H,27,29)/b21-7-. The number of hydroxylamine groups is 1. The molecule has 0 radical (unpaired) electrons. The smallest absolute Gasteiger partial charge is 0.243 e. The molecule has 7 nitrogen and oxygen atoms in total. The van der Waals surface area contributed by atoms with E-state index in [1.807, 2.05) is 24.3 Å². The van der Waals surface area contributed by atoms with Crippen LogP contribution in [0.1, 0.15) is 25.7 Å². The molecule has 0 aromatic heterocycles. The first-order valence-corrected chi connectivity index (χ1v) is 11.5. The molecule has 1 aliphatic heterocycles. The van der Waals surface area contributed by atoms with Crippen LogP contribution in [0.3, 0.4) is 0 Å². The minimum Gasteiger partial charge on any atom is -0.489 e. The first kappa shape index (κ1) is 24.2. The Morgan fingerprint density at radius 1 is 1.12 bits per heavy atom. The quantitative estimate of drug-likeness (QED) is 0.192. The number of nitrogens with zero attached hydrogens (tertiary/aromatic N) is 1. The van der Waals surface area contributed by atoms with Crippen molar-refractivity contribution in [2.45, 2.75) is 25.7 Å². The lowest BCUT2D eigenvalue weighted by Crippen LogP contribution is -2.40. The van der Waals surface area contributed by atoms with Gasteiger partial charge in [-0.3, -0.25) is 14.9 Å². The van der Waals surface area contributed by atoms with Gasteiger partial charge in [-0.25, -0.2) is 5.48 Å². The number of amides is 1. The van der Waals surface area contributed by atoms with Crippen LogP contribution in [-0.2, 0) is 9.53 Å². The van der Waals surface area contributed by atoms with E-state index in [1.54, 1.807) is 5.48 Å². The summed E-state index contributed by atoms with van der Waals surface area (Å²) < 4.78 is 11.6. The summed E-state index contributed by atoms with van der Waals surface area (Å²) in [4.78, 5) is 13.6. The van der Waals surface area contributed by atoms with Crippen molar-refractivity contribution in [2.75, 3.05) is 52.5 Å². The molecule has 1 aliphatic rings. The number of ether oxygens (including phenoxy) is 2. The van der Waals surface area contributed by atoms with Crippen LogP contribution in [0, 0.1) is 0 Å². The molecule has 0 bridgehead atoms. The number of fused-ring (bicyclic) bond motifs is 1. The molecule has 0 saturated carbocycles. The van der Waals surface area contributed by atoms with Gasteiger partial charge in [0.1, 0.15) is 12.4 Å². The number of allylic oxidation sites excluding steroid dienone is 1. The lowest BCUT2D eigenvalue weighted by Gasteiger charge is -2.26. The molecule has 3 rings (SSSR count). The van der Waals surface area contributed by atoms with Crippen LogP contribution < -0.4 is 15.5 Å². The predicted octanol–water partition coefficient (Wildman–Crippen LogP) is 3.13. The number of nitrogens with one attached hydrogen (secondary N) is 2. The third-order valence-corrected chi connectivity index (χ3v) is 5.64. The van der Waals surface area contributed by atoms with Gasteiger partial charge in [0.2, 0.25) is 5.91 Å². The number of carbonyl (C=O) groups is 1. The molecular weight excluding hydrogens is 406 g/mol. The molecular formula is C25H35N3O4. The molecule has 0 atom stereocenters. The van der Waals surface area contributed by atoms with Crippen LogP contribution in [0.2, 0.25) is 0 Å². The number of unbranched alkanes of at least 4 members (excludes halogenated alkanes) is 2. The van der Waals surface area contributed by atoms with Gasteiger partial charge in [0, 0.05) is 44.5 Å². The number of benzene rings is 2. The van der Waals surface area contributed by atoms with Crippen molar-refractivity contribution in [1.29, 1.82) is 0 Å². The highest BCUT2D eigenvalue weighted by Crippen LogP contribution is 2.25.